The van der Waals surface area contributed by atoms with E-state index in [0.717, 1.165) is 19.6 Å². The van der Waals surface area contributed by atoms with Crippen LogP contribution in [0, 0.1) is 5.92 Å². The molecule has 1 atom stereocenters. The van der Waals surface area contributed by atoms with E-state index in [9.17, 15) is 0 Å². The number of aromatic nitrogens is 2. The fourth-order valence-electron chi connectivity index (χ4n) is 2.06. The van der Waals surface area contributed by atoms with Gasteiger partial charge in [0.2, 0.25) is 0 Å². The van der Waals surface area contributed by atoms with Crippen LogP contribution in [0.4, 0.5) is 0 Å². The van der Waals surface area contributed by atoms with Crippen molar-refractivity contribution in [2.24, 2.45) is 18.7 Å². The molecule has 1 unspecified atom stereocenters. The third-order valence-electron chi connectivity index (χ3n) is 2.81. The number of nitrogens with zero attached hydrogens (tertiary/aromatic N) is 3. The largest absolute Gasteiger partial charge is 0.330 e. The molecule has 16 heavy (non-hydrogen) atoms. The lowest BCUT2D eigenvalue weighted by Crippen LogP contribution is -2.29. The maximum Gasteiger partial charge on any atom is 0.0534 e. The van der Waals surface area contributed by atoms with Crippen molar-refractivity contribution in [2.75, 3.05) is 20.1 Å². The summed E-state index contributed by atoms with van der Waals surface area (Å²) in [6.07, 6.45) is 6.41. The zero-order valence-electron chi connectivity index (χ0n) is 10.7. The maximum absolute atomic E-state index is 5.76. The molecule has 4 heteroatoms. The summed E-state index contributed by atoms with van der Waals surface area (Å²) in [6, 6.07) is 0. The highest BCUT2D eigenvalue weighted by atomic mass is 15.2. The molecule has 1 aromatic heterocycles. The van der Waals surface area contributed by atoms with Crippen molar-refractivity contribution in [2.45, 2.75) is 26.3 Å². The highest BCUT2D eigenvalue weighted by Crippen LogP contribution is 2.08. The smallest absolute Gasteiger partial charge is 0.0534 e. The Hall–Kier alpha value is -0.870. The molecule has 0 radical (unpaired) electrons. The van der Waals surface area contributed by atoms with Gasteiger partial charge in [0.15, 0.2) is 0 Å². The van der Waals surface area contributed by atoms with Gasteiger partial charge >= 0.3 is 0 Å². The molecule has 1 heterocycles. The van der Waals surface area contributed by atoms with Gasteiger partial charge in [-0.25, -0.2) is 0 Å². The van der Waals surface area contributed by atoms with Crippen molar-refractivity contribution in [3.63, 3.8) is 0 Å². The Bertz CT molecular complexity index is 295. The first kappa shape index (κ1) is 13.2. The first-order valence-electron chi connectivity index (χ1n) is 6.01. The van der Waals surface area contributed by atoms with Crippen LogP contribution in [0.1, 0.15) is 25.3 Å². The van der Waals surface area contributed by atoms with Gasteiger partial charge in [-0.15, -0.1) is 0 Å². The summed E-state index contributed by atoms with van der Waals surface area (Å²) < 4.78 is 1.84. The lowest BCUT2D eigenvalue weighted by Gasteiger charge is -2.22. The summed E-state index contributed by atoms with van der Waals surface area (Å²) in [5.41, 5.74) is 7.02. The molecule has 0 aliphatic rings. The van der Waals surface area contributed by atoms with Crippen LogP contribution in [-0.2, 0) is 13.6 Å². The second-order valence-electron chi connectivity index (χ2n) is 4.61. The minimum atomic E-state index is 0.617. The molecule has 92 valence electrons. The zero-order valence-corrected chi connectivity index (χ0v) is 10.7. The van der Waals surface area contributed by atoms with E-state index in [0.29, 0.717) is 5.92 Å². The maximum atomic E-state index is 5.76. The summed E-state index contributed by atoms with van der Waals surface area (Å²) in [5.74, 6) is 0.617. The summed E-state index contributed by atoms with van der Waals surface area (Å²) in [4.78, 5) is 2.32. The van der Waals surface area contributed by atoms with Crippen molar-refractivity contribution < 1.29 is 0 Å². The third kappa shape index (κ3) is 4.33. The van der Waals surface area contributed by atoms with Gasteiger partial charge in [0.05, 0.1) is 6.20 Å². The van der Waals surface area contributed by atoms with Crippen LogP contribution < -0.4 is 5.73 Å². The number of nitrogens with two attached hydrogens (primary N) is 1. The molecule has 0 saturated heterocycles. The molecule has 0 spiro atoms. The van der Waals surface area contributed by atoms with E-state index in [-0.39, 0.29) is 0 Å². The number of aryl methyl sites for hydroxylation is 1. The van der Waals surface area contributed by atoms with E-state index in [2.05, 4.69) is 30.2 Å². The van der Waals surface area contributed by atoms with Gasteiger partial charge in [0.1, 0.15) is 0 Å². The summed E-state index contributed by atoms with van der Waals surface area (Å²) >= 11 is 0. The van der Waals surface area contributed by atoms with Crippen LogP contribution >= 0.6 is 0 Å². The first-order valence-corrected chi connectivity index (χ1v) is 6.01. The fraction of sp³-hybridized carbons (Fsp3) is 0.750. The Morgan fingerprint density at radius 2 is 2.31 bits per heavy atom. The van der Waals surface area contributed by atoms with E-state index in [1.807, 2.05) is 17.9 Å². The molecule has 0 aromatic carbocycles. The SMILES string of the molecule is CCCC(CN)CN(C)Cc1cnn(C)c1. The monoisotopic (exact) mass is 224 g/mol. The first-order chi connectivity index (χ1) is 7.65. The molecule has 0 saturated carbocycles. The normalized spacial score (nSPS) is 13.3. The van der Waals surface area contributed by atoms with E-state index >= 15 is 0 Å². The van der Waals surface area contributed by atoms with Gasteiger partial charge in [-0.05, 0) is 25.9 Å². The molecule has 1 rings (SSSR count). The molecule has 0 fully saturated rings. The van der Waals surface area contributed by atoms with Crippen molar-refractivity contribution in [1.29, 1.82) is 0 Å². The summed E-state index contributed by atoms with van der Waals surface area (Å²) in [5, 5.41) is 4.17. The molecule has 4 nitrogen and oxygen atoms in total. The predicted octanol–water partition coefficient (Wildman–Crippen LogP) is 1.23. The molecular formula is C12H24N4. The van der Waals surface area contributed by atoms with E-state index in [4.69, 9.17) is 5.73 Å². The van der Waals surface area contributed by atoms with Crippen LogP contribution in [-0.4, -0.2) is 34.8 Å². The third-order valence-corrected chi connectivity index (χ3v) is 2.81. The van der Waals surface area contributed by atoms with Crippen LogP contribution in [0.25, 0.3) is 0 Å². The van der Waals surface area contributed by atoms with Gasteiger partial charge in [0.25, 0.3) is 0 Å². The lowest BCUT2D eigenvalue weighted by atomic mass is 10.0. The average Bonchev–Trinajstić information content (AvgIpc) is 2.63. The zero-order chi connectivity index (χ0) is 12.0. The Labute approximate surface area is 98.4 Å². The Morgan fingerprint density at radius 3 is 2.81 bits per heavy atom. The molecule has 0 aliphatic carbocycles. The molecule has 0 aliphatic heterocycles. The molecular weight excluding hydrogens is 200 g/mol. The number of rotatable bonds is 7. The minimum absolute atomic E-state index is 0.617. The van der Waals surface area contributed by atoms with Crippen molar-refractivity contribution in [1.82, 2.24) is 14.7 Å². The standard InChI is InChI=1S/C12H24N4/c1-4-5-11(6-13)8-15(2)9-12-7-14-16(3)10-12/h7,10-11H,4-6,8-9,13H2,1-3H3. The highest BCUT2D eigenvalue weighted by molar-refractivity contribution is 5.02. The van der Waals surface area contributed by atoms with E-state index in [1.165, 1.54) is 18.4 Å². The second-order valence-corrected chi connectivity index (χ2v) is 4.61. The van der Waals surface area contributed by atoms with Gasteiger partial charge < -0.3 is 10.6 Å². The van der Waals surface area contributed by atoms with Gasteiger partial charge in [0, 0.05) is 31.9 Å². The Morgan fingerprint density at radius 1 is 1.56 bits per heavy atom. The molecule has 2 N–H and O–H groups in total. The van der Waals surface area contributed by atoms with Crippen LogP contribution in [0.2, 0.25) is 0 Å². The van der Waals surface area contributed by atoms with Gasteiger partial charge in [-0.3, -0.25) is 4.68 Å². The van der Waals surface area contributed by atoms with Crippen molar-refractivity contribution in [3.8, 4) is 0 Å². The molecule has 1 aromatic rings. The molecule has 0 bridgehead atoms. The van der Waals surface area contributed by atoms with Crippen LogP contribution in [0.3, 0.4) is 0 Å². The fourth-order valence-corrected chi connectivity index (χ4v) is 2.06. The topological polar surface area (TPSA) is 47.1 Å². The number of hydrogen-bond donors (Lipinski definition) is 1. The van der Waals surface area contributed by atoms with Gasteiger partial charge in [-0.2, -0.15) is 5.10 Å². The average molecular weight is 224 g/mol. The summed E-state index contributed by atoms with van der Waals surface area (Å²) in [6.45, 7) is 5.02. The Balaban J connectivity index is 2.37. The van der Waals surface area contributed by atoms with Crippen LogP contribution in [0.15, 0.2) is 12.4 Å². The minimum Gasteiger partial charge on any atom is -0.330 e. The highest BCUT2D eigenvalue weighted by Gasteiger charge is 2.09. The van der Waals surface area contributed by atoms with Crippen molar-refractivity contribution in [3.05, 3.63) is 18.0 Å². The quantitative estimate of drug-likeness (QED) is 0.757. The number of hydrogen-bond acceptors (Lipinski definition) is 3. The summed E-state index contributed by atoms with van der Waals surface area (Å²) in [7, 11) is 4.09. The van der Waals surface area contributed by atoms with Crippen LogP contribution in [0.5, 0.6) is 0 Å². The van der Waals surface area contributed by atoms with Crippen molar-refractivity contribution >= 4 is 0 Å². The van der Waals surface area contributed by atoms with E-state index < -0.39 is 0 Å². The van der Waals surface area contributed by atoms with Gasteiger partial charge in [-0.1, -0.05) is 13.3 Å². The second kappa shape index (κ2) is 6.66. The lowest BCUT2D eigenvalue weighted by molar-refractivity contribution is 0.263. The van der Waals surface area contributed by atoms with E-state index in [1.54, 1.807) is 0 Å². The predicted molar refractivity (Wildman–Crippen MR) is 67.0 cm³/mol. The molecule has 0 amide bonds. The Kier molecular flexibility index (Phi) is 5.49.